The van der Waals surface area contributed by atoms with E-state index in [0.29, 0.717) is 36.0 Å². The van der Waals surface area contributed by atoms with E-state index in [-0.39, 0.29) is 29.7 Å². The first kappa shape index (κ1) is 31.7. The Kier molecular flexibility index (Phi) is 9.67. The smallest absolute Gasteiger partial charge is 0.387 e. The number of piperidine rings is 2. The van der Waals surface area contributed by atoms with Crippen LogP contribution in [-0.4, -0.2) is 92.9 Å². The number of rotatable bonds is 9. The number of benzene rings is 1. The number of aromatic nitrogens is 3. The maximum atomic E-state index is 13.5. The summed E-state index contributed by atoms with van der Waals surface area (Å²) in [7, 11) is 0. The zero-order valence-corrected chi connectivity index (χ0v) is 26.1. The quantitative estimate of drug-likeness (QED) is 0.332. The number of thioether (sulfide) groups is 1. The molecule has 2 amide bonds. The number of hydrogen-bond donors (Lipinski definition) is 2. The number of likely N-dealkylation sites (tertiary alicyclic amines) is 2. The first-order valence-corrected chi connectivity index (χ1v) is 16.4. The van der Waals surface area contributed by atoms with Crippen LogP contribution < -0.4 is 15.5 Å². The number of alkyl halides is 2. The molecule has 12 nitrogen and oxygen atoms in total. The monoisotopic (exact) mass is 651 g/mol. The van der Waals surface area contributed by atoms with Gasteiger partial charge in [-0.1, -0.05) is 0 Å². The van der Waals surface area contributed by atoms with Crippen molar-refractivity contribution >= 4 is 29.2 Å². The molecule has 3 aliphatic heterocycles. The van der Waals surface area contributed by atoms with Crippen LogP contribution in [0.1, 0.15) is 47.6 Å². The zero-order valence-electron chi connectivity index (χ0n) is 25.3. The molecule has 5 heterocycles. The van der Waals surface area contributed by atoms with Gasteiger partial charge < -0.3 is 20.0 Å². The molecule has 242 valence electrons. The third-order valence-corrected chi connectivity index (χ3v) is 9.43. The highest BCUT2D eigenvalue weighted by Crippen LogP contribution is 2.36. The Bertz CT molecular complexity index is 1650. The maximum Gasteiger partial charge on any atom is 0.387 e. The van der Waals surface area contributed by atoms with E-state index in [9.17, 15) is 23.6 Å². The molecule has 2 N–H and O–H groups in total. The average molecular weight is 652 g/mol. The van der Waals surface area contributed by atoms with Gasteiger partial charge in [0.15, 0.2) is 5.65 Å². The first-order chi connectivity index (χ1) is 22.3. The minimum absolute atomic E-state index is 0.0354. The molecule has 6 rings (SSSR count). The highest BCUT2D eigenvalue weighted by Gasteiger charge is 2.34. The molecular formula is C31H35F2N9O3S. The van der Waals surface area contributed by atoms with Crippen LogP contribution in [0.3, 0.4) is 0 Å². The van der Waals surface area contributed by atoms with Crippen LogP contribution in [-0.2, 0) is 4.79 Å². The normalized spacial score (nSPS) is 21.0. The van der Waals surface area contributed by atoms with E-state index in [1.165, 1.54) is 28.5 Å². The van der Waals surface area contributed by atoms with Crippen molar-refractivity contribution in [3.63, 3.8) is 0 Å². The van der Waals surface area contributed by atoms with Crippen LogP contribution in [0.15, 0.2) is 59.6 Å². The Morgan fingerprint density at radius 1 is 1.24 bits per heavy atom. The van der Waals surface area contributed by atoms with Gasteiger partial charge in [-0.05, 0) is 62.7 Å². The lowest BCUT2D eigenvalue weighted by atomic mass is 9.95. The number of ether oxygens (including phenoxy) is 1. The summed E-state index contributed by atoms with van der Waals surface area (Å²) in [6, 6.07) is 8.53. The Morgan fingerprint density at radius 2 is 2.07 bits per heavy atom. The number of halogens is 2. The van der Waals surface area contributed by atoms with Gasteiger partial charge in [-0.3, -0.25) is 14.5 Å². The molecule has 1 aromatic carbocycles. The largest absolute Gasteiger partial charge is 0.434 e. The van der Waals surface area contributed by atoms with Crippen LogP contribution in [0.2, 0.25) is 0 Å². The SMILES string of the molecule is CSc1ccc(OC(F)F)c(C2NN(CC(=O)N3CCC(N4CCCC(C#N)C4)CC3)C=C2NC(=O)c2cnn3cccnc23)c1. The Morgan fingerprint density at radius 3 is 2.83 bits per heavy atom. The molecule has 3 aliphatic rings. The predicted molar refractivity (Wildman–Crippen MR) is 165 cm³/mol. The molecule has 2 unspecified atom stereocenters. The fourth-order valence-electron chi connectivity index (χ4n) is 6.39. The molecule has 0 radical (unpaired) electrons. The number of hydrogen-bond acceptors (Lipinski definition) is 10. The molecule has 2 saturated heterocycles. The van der Waals surface area contributed by atoms with E-state index in [0.717, 1.165) is 43.7 Å². The van der Waals surface area contributed by atoms with Gasteiger partial charge in [0.05, 0.1) is 29.9 Å². The number of nitriles is 1. The van der Waals surface area contributed by atoms with E-state index >= 15 is 0 Å². The fraction of sp³-hybridized carbons (Fsp3) is 0.452. The molecule has 46 heavy (non-hydrogen) atoms. The summed E-state index contributed by atoms with van der Waals surface area (Å²) in [4.78, 5) is 36.2. The number of fused-ring (bicyclic) bond motifs is 1. The minimum atomic E-state index is -3.05. The number of nitrogens with zero attached hydrogens (tertiary/aromatic N) is 7. The van der Waals surface area contributed by atoms with Gasteiger partial charge in [-0.25, -0.2) is 14.9 Å². The molecule has 2 atom stereocenters. The summed E-state index contributed by atoms with van der Waals surface area (Å²) in [5, 5.41) is 18.0. The maximum absolute atomic E-state index is 13.5. The molecule has 0 aliphatic carbocycles. The molecule has 3 aromatic rings. The predicted octanol–water partition coefficient (Wildman–Crippen LogP) is 3.41. The summed E-state index contributed by atoms with van der Waals surface area (Å²) in [5.74, 6) is -0.572. The van der Waals surface area contributed by atoms with Crippen LogP contribution >= 0.6 is 11.8 Å². The molecule has 0 saturated carbocycles. The lowest BCUT2D eigenvalue weighted by molar-refractivity contribution is -0.134. The number of carbonyl (C=O) groups is 2. The molecular weight excluding hydrogens is 616 g/mol. The number of carbonyl (C=O) groups excluding carboxylic acids is 2. The van der Waals surface area contributed by atoms with Crippen molar-refractivity contribution in [3.8, 4) is 11.8 Å². The summed E-state index contributed by atoms with van der Waals surface area (Å²) in [6.07, 6.45) is 11.7. The van der Waals surface area contributed by atoms with Crippen LogP contribution in [0.25, 0.3) is 5.65 Å². The van der Waals surface area contributed by atoms with E-state index in [2.05, 4.69) is 31.8 Å². The van der Waals surface area contributed by atoms with Crippen LogP contribution in [0, 0.1) is 17.2 Å². The molecule has 15 heteroatoms. The molecule has 2 aromatic heterocycles. The number of amides is 2. The van der Waals surface area contributed by atoms with Gasteiger partial charge in [0.1, 0.15) is 17.9 Å². The Labute approximate surface area is 269 Å². The van der Waals surface area contributed by atoms with Crippen LogP contribution in [0.5, 0.6) is 5.75 Å². The lowest BCUT2D eigenvalue weighted by Gasteiger charge is -2.41. The van der Waals surface area contributed by atoms with Gasteiger partial charge in [0, 0.05) is 54.7 Å². The van der Waals surface area contributed by atoms with E-state index < -0.39 is 18.6 Å². The summed E-state index contributed by atoms with van der Waals surface area (Å²) in [5.41, 5.74) is 4.54. The first-order valence-electron chi connectivity index (χ1n) is 15.2. The summed E-state index contributed by atoms with van der Waals surface area (Å²) >= 11 is 1.44. The zero-order chi connectivity index (χ0) is 32.2. The third kappa shape index (κ3) is 6.93. The van der Waals surface area contributed by atoms with Crippen molar-refractivity contribution < 1.29 is 23.1 Å². The van der Waals surface area contributed by atoms with Gasteiger partial charge in [0.25, 0.3) is 5.91 Å². The molecule has 0 bridgehead atoms. The van der Waals surface area contributed by atoms with Gasteiger partial charge in [0.2, 0.25) is 5.91 Å². The average Bonchev–Trinajstić information content (AvgIpc) is 3.68. The van der Waals surface area contributed by atoms with Crippen molar-refractivity contribution in [2.24, 2.45) is 5.92 Å². The standard InChI is InChI=1S/C31H35F2N9O3S/c1-46-22-5-6-26(45-31(32)33)23(14-22)28-25(37-30(44)24-16-36-42-11-3-9-35-29(24)42)18-41(38-28)19-27(43)39-12-7-21(8-13-39)40-10-2-4-20(15-34)17-40/h3,5-6,9,11,14,16,18,20-21,28,31,38H,2,4,7-8,10,12-13,17,19H2,1H3,(H,37,44). The highest BCUT2D eigenvalue weighted by molar-refractivity contribution is 7.98. The highest BCUT2D eigenvalue weighted by atomic mass is 32.2. The Hall–Kier alpha value is -4.26. The van der Waals surface area contributed by atoms with Gasteiger partial charge >= 0.3 is 6.61 Å². The second-order valence-electron chi connectivity index (χ2n) is 11.5. The third-order valence-electron chi connectivity index (χ3n) is 8.70. The second-order valence-corrected chi connectivity index (χ2v) is 12.4. The second kappa shape index (κ2) is 14.0. The topological polar surface area (TPSA) is 131 Å². The summed E-state index contributed by atoms with van der Waals surface area (Å²) in [6.45, 7) is -0.115. The summed E-state index contributed by atoms with van der Waals surface area (Å²) < 4.78 is 33.2. The van der Waals surface area contributed by atoms with Crippen molar-refractivity contribution in [2.45, 2.75) is 49.3 Å². The number of nitrogens with one attached hydrogen (secondary N) is 2. The van der Waals surface area contributed by atoms with E-state index in [1.807, 2.05) is 11.2 Å². The molecule has 0 spiro atoms. The van der Waals surface area contributed by atoms with Crippen molar-refractivity contribution in [1.29, 1.82) is 5.26 Å². The molecule has 2 fully saturated rings. The van der Waals surface area contributed by atoms with E-state index in [1.54, 1.807) is 41.8 Å². The van der Waals surface area contributed by atoms with Crippen LogP contribution in [0.4, 0.5) is 8.78 Å². The Balaban J connectivity index is 1.19. The van der Waals surface area contributed by atoms with Crippen molar-refractivity contribution in [2.75, 3.05) is 39.0 Å². The van der Waals surface area contributed by atoms with Crippen molar-refractivity contribution in [1.82, 2.24) is 40.1 Å². The van der Waals surface area contributed by atoms with Crippen molar-refractivity contribution in [3.05, 3.63) is 65.9 Å². The van der Waals surface area contributed by atoms with Gasteiger partial charge in [-0.15, -0.1) is 11.8 Å². The number of hydrazine groups is 1. The lowest BCUT2D eigenvalue weighted by Crippen LogP contribution is -2.51. The fourth-order valence-corrected chi connectivity index (χ4v) is 6.83. The van der Waals surface area contributed by atoms with Gasteiger partial charge in [-0.2, -0.15) is 19.1 Å². The van der Waals surface area contributed by atoms with E-state index in [4.69, 9.17) is 4.74 Å². The minimum Gasteiger partial charge on any atom is -0.434 e.